The number of piperidine rings is 1. The van der Waals surface area contributed by atoms with Crippen molar-refractivity contribution in [3.05, 3.63) is 23.9 Å². The van der Waals surface area contributed by atoms with Gasteiger partial charge in [0.25, 0.3) is 5.91 Å². The number of hydrogen-bond acceptors (Lipinski definition) is 4. The lowest BCUT2D eigenvalue weighted by Crippen LogP contribution is -2.52. The summed E-state index contributed by atoms with van der Waals surface area (Å²) in [6, 6.07) is 3.30. The molecule has 6 heteroatoms. The second-order valence-electron chi connectivity index (χ2n) is 7.88. The van der Waals surface area contributed by atoms with E-state index in [-0.39, 0.29) is 17.2 Å². The van der Waals surface area contributed by atoms with Crippen molar-refractivity contribution >= 4 is 17.6 Å². The van der Waals surface area contributed by atoms with Gasteiger partial charge in [-0.3, -0.25) is 9.59 Å². The third-order valence-electron chi connectivity index (χ3n) is 6.20. The van der Waals surface area contributed by atoms with Crippen LogP contribution in [0.25, 0.3) is 0 Å². The van der Waals surface area contributed by atoms with Crippen LogP contribution in [0.15, 0.2) is 18.3 Å². The van der Waals surface area contributed by atoms with Crippen LogP contribution < -0.4 is 5.73 Å². The van der Waals surface area contributed by atoms with Crippen molar-refractivity contribution in [1.82, 2.24) is 14.8 Å². The molecule has 2 aliphatic heterocycles. The highest BCUT2D eigenvalue weighted by molar-refractivity contribution is 5.96. The molecular weight excluding hydrogens is 316 g/mol. The van der Waals surface area contributed by atoms with Crippen molar-refractivity contribution < 1.29 is 9.59 Å². The normalized spacial score (nSPS) is 27.0. The molecule has 1 saturated carbocycles. The number of likely N-dealkylation sites (tertiary alicyclic amines) is 2. The van der Waals surface area contributed by atoms with E-state index in [4.69, 9.17) is 5.73 Å². The van der Waals surface area contributed by atoms with Gasteiger partial charge in [-0.25, -0.2) is 4.98 Å². The molecule has 3 aliphatic rings. The number of anilines is 1. The first-order valence-corrected chi connectivity index (χ1v) is 9.38. The van der Waals surface area contributed by atoms with Gasteiger partial charge in [-0.05, 0) is 50.2 Å². The molecule has 1 aliphatic carbocycles. The highest BCUT2D eigenvalue weighted by Gasteiger charge is 2.49. The number of aromatic nitrogens is 1. The lowest BCUT2D eigenvalue weighted by molar-refractivity contribution is -0.146. The number of rotatable bonds is 3. The molecule has 2 saturated heterocycles. The van der Waals surface area contributed by atoms with Crippen molar-refractivity contribution in [2.45, 2.75) is 38.5 Å². The average Bonchev–Trinajstić information content (AvgIpc) is 2.99. The summed E-state index contributed by atoms with van der Waals surface area (Å²) < 4.78 is 0. The number of nitrogen functional groups attached to an aromatic ring is 1. The second kappa shape index (κ2) is 6.32. The summed E-state index contributed by atoms with van der Waals surface area (Å²) in [5.41, 5.74) is 5.88. The standard InChI is InChI=1S/C19H26N4O2/c20-16-11-15(5-8-21-16)17(24)23-10-7-19(13-23)6-2-9-22(18(19)25)12-14-3-1-4-14/h5,8,11,14H,1-4,6-7,9-10,12-13H2,(H2,20,21)/t19-/m0/s1. The minimum Gasteiger partial charge on any atom is -0.384 e. The summed E-state index contributed by atoms with van der Waals surface area (Å²) in [7, 11) is 0. The molecule has 0 aromatic carbocycles. The van der Waals surface area contributed by atoms with E-state index < -0.39 is 0 Å². The van der Waals surface area contributed by atoms with Crippen molar-refractivity contribution in [2.24, 2.45) is 11.3 Å². The van der Waals surface area contributed by atoms with E-state index in [0.717, 1.165) is 32.4 Å². The third-order valence-corrected chi connectivity index (χ3v) is 6.20. The zero-order chi connectivity index (χ0) is 17.4. The number of nitrogens with zero attached hydrogens (tertiary/aromatic N) is 3. The molecule has 1 atom stereocenters. The van der Waals surface area contributed by atoms with E-state index in [2.05, 4.69) is 9.88 Å². The van der Waals surface area contributed by atoms with Crippen LogP contribution in [0.4, 0.5) is 5.82 Å². The quantitative estimate of drug-likeness (QED) is 0.910. The maximum atomic E-state index is 13.1. The van der Waals surface area contributed by atoms with Crippen molar-refractivity contribution in [2.75, 3.05) is 31.9 Å². The van der Waals surface area contributed by atoms with E-state index in [1.165, 1.54) is 19.3 Å². The Morgan fingerprint density at radius 3 is 2.84 bits per heavy atom. The molecule has 6 nitrogen and oxygen atoms in total. The van der Waals surface area contributed by atoms with Crippen LogP contribution in [-0.2, 0) is 4.79 Å². The summed E-state index contributed by atoms with van der Waals surface area (Å²) in [6.07, 6.45) is 8.09. The summed E-state index contributed by atoms with van der Waals surface area (Å²) in [4.78, 5) is 33.7. The first-order valence-electron chi connectivity index (χ1n) is 9.38. The summed E-state index contributed by atoms with van der Waals surface area (Å²) in [6.45, 7) is 2.97. The van der Waals surface area contributed by atoms with Crippen molar-refractivity contribution in [3.8, 4) is 0 Å². The molecule has 0 unspecified atom stereocenters. The molecule has 3 fully saturated rings. The van der Waals surface area contributed by atoms with Gasteiger partial charge in [0.15, 0.2) is 0 Å². The van der Waals surface area contributed by atoms with Crippen LogP contribution in [0.3, 0.4) is 0 Å². The predicted octanol–water partition coefficient (Wildman–Crippen LogP) is 1.92. The van der Waals surface area contributed by atoms with Gasteiger partial charge in [0, 0.05) is 37.9 Å². The fourth-order valence-corrected chi connectivity index (χ4v) is 4.50. The smallest absolute Gasteiger partial charge is 0.254 e. The third kappa shape index (κ3) is 2.98. The Hall–Kier alpha value is -2.11. The second-order valence-corrected chi connectivity index (χ2v) is 7.88. The largest absolute Gasteiger partial charge is 0.384 e. The van der Waals surface area contributed by atoms with E-state index in [9.17, 15) is 9.59 Å². The lowest BCUT2D eigenvalue weighted by Gasteiger charge is -2.42. The fraction of sp³-hybridized carbons (Fsp3) is 0.632. The van der Waals surface area contributed by atoms with E-state index >= 15 is 0 Å². The van der Waals surface area contributed by atoms with Crippen LogP contribution in [0.2, 0.25) is 0 Å². The van der Waals surface area contributed by atoms with Crippen LogP contribution in [0, 0.1) is 11.3 Å². The Morgan fingerprint density at radius 1 is 1.28 bits per heavy atom. The van der Waals surface area contributed by atoms with Gasteiger partial charge in [-0.15, -0.1) is 0 Å². The van der Waals surface area contributed by atoms with E-state index in [1.807, 2.05) is 4.90 Å². The van der Waals surface area contributed by atoms with Gasteiger partial charge in [0.1, 0.15) is 5.82 Å². The molecule has 1 aromatic rings. The van der Waals surface area contributed by atoms with Gasteiger partial charge < -0.3 is 15.5 Å². The minimum absolute atomic E-state index is 0.0464. The van der Waals surface area contributed by atoms with Gasteiger partial charge in [-0.2, -0.15) is 0 Å². The van der Waals surface area contributed by atoms with Crippen LogP contribution in [-0.4, -0.2) is 52.8 Å². The molecule has 2 N–H and O–H groups in total. The summed E-state index contributed by atoms with van der Waals surface area (Å²) in [5.74, 6) is 1.27. The first kappa shape index (κ1) is 16.4. The molecule has 4 rings (SSSR count). The lowest BCUT2D eigenvalue weighted by atomic mass is 9.77. The number of amides is 2. The summed E-state index contributed by atoms with van der Waals surface area (Å²) in [5, 5.41) is 0. The zero-order valence-electron chi connectivity index (χ0n) is 14.6. The van der Waals surface area contributed by atoms with Crippen molar-refractivity contribution in [1.29, 1.82) is 0 Å². The molecule has 0 bridgehead atoms. The highest BCUT2D eigenvalue weighted by Crippen LogP contribution is 2.41. The van der Waals surface area contributed by atoms with E-state index in [1.54, 1.807) is 18.3 Å². The molecule has 1 aromatic heterocycles. The Balaban J connectivity index is 1.46. The maximum Gasteiger partial charge on any atom is 0.254 e. The molecule has 25 heavy (non-hydrogen) atoms. The topological polar surface area (TPSA) is 79.5 Å². The number of pyridine rings is 1. The molecule has 0 radical (unpaired) electrons. The Bertz CT molecular complexity index is 688. The summed E-state index contributed by atoms with van der Waals surface area (Å²) >= 11 is 0. The van der Waals surface area contributed by atoms with Crippen LogP contribution in [0.1, 0.15) is 48.9 Å². The van der Waals surface area contributed by atoms with E-state index in [0.29, 0.717) is 30.4 Å². The van der Waals surface area contributed by atoms with Gasteiger partial charge in [-0.1, -0.05) is 6.42 Å². The SMILES string of the molecule is Nc1cc(C(=O)N2CC[C@@]3(CCCN(CC4CCC4)C3=O)C2)ccn1. The number of carbonyl (C=O) groups excluding carboxylic acids is 2. The monoisotopic (exact) mass is 342 g/mol. The molecule has 134 valence electrons. The number of hydrogen-bond donors (Lipinski definition) is 1. The van der Waals surface area contributed by atoms with Crippen LogP contribution in [0.5, 0.6) is 0 Å². The predicted molar refractivity (Wildman–Crippen MR) is 94.8 cm³/mol. The number of nitrogens with two attached hydrogens (primary N) is 1. The first-order chi connectivity index (χ1) is 12.1. The van der Waals surface area contributed by atoms with Crippen molar-refractivity contribution in [3.63, 3.8) is 0 Å². The molecule has 2 amide bonds. The molecule has 1 spiro atoms. The fourth-order valence-electron chi connectivity index (χ4n) is 4.50. The maximum absolute atomic E-state index is 13.1. The Morgan fingerprint density at radius 2 is 2.12 bits per heavy atom. The van der Waals surface area contributed by atoms with Gasteiger partial charge >= 0.3 is 0 Å². The average molecular weight is 342 g/mol. The highest BCUT2D eigenvalue weighted by atomic mass is 16.2. The Labute approximate surface area is 148 Å². The van der Waals surface area contributed by atoms with Gasteiger partial charge in [0.05, 0.1) is 5.41 Å². The molecular formula is C19H26N4O2. The Kier molecular flexibility index (Phi) is 4.13. The molecule has 3 heterocycles. The van der Waals surface area contributed by atoms with Crippen LogP contribution >= 0.6 is 0 Å². The van der Waals surface area contributed by atoms with Gasteiger partial charge in [0.2, 0.25) is 5.91 Å². The zero-order valence-corrected chi connectivity index (χ0v) is 14.6. The number of carbonyl (C=O) groups is 2. The minimum atomic E-state index is -0.365.